The van der Waals surface area contributed by atoms with Crippen LogP contribution in [0.1, 0.15) is 12.6 Å². The van der Waals surface area contributed by atoms with Crippen molar-refractivity contribution in [3.63, 3.8) is 0 Å². The van der Waals surface area contributed by atoms with E-state index in [2.05, 4.69) is 0 Å². The molecule has 0 aliphatic carbocycles. The lowest BCUT2D eigenvalue weighted by atomic mass is 10.5. The van der Waals surface area contributed by atoms with E-state index in [1.54, 1.807) is 13.1 Å². The van der Waals surface area contributed by atoms with Gasteiger partial charge in [0.25, 0.3) is 0 Å². The van der Waals surface area contributed by atoms with Crippen molar-refractivity contribution < 1.29 is 9.90 Å². The van der Waals surface area contributed by atoms with E-state index < -0.39 is 5.97 Å². The summed E-state index contributed by atoms with van der Waals surface area (Å²) in [6.45, 7) is 3.92. The minimum atomic E-state index is -1.00. The molecule has 0 amide bonds. The molecule has 5 heteroatoms. The predicted octanol–water partition coefficient (Wildman–Crippen LogP) is 0.0627. The second-order valence-corrected chi connectivity index (χ2v) is 2.82. The molecule has 0 saturated carbocycles. The zero-order valence-corrected chi connectivity index (χ0v) is 7.65. The number of hydrogen-bond acceptors (Lipinski definition) is 2. The van der Waals surface area contributed by atoms with Crippen LogP contribution in [0.2, 0.25) is 0 Å². The maximum Gasteiger partial charge on any atom is 0.328 e. The number of aryl methyl sites for hydroxylation is 1. The fraction of sp³-hybridized carbons (Fsp3) is 0.500. The number of aromatic nitrogens is 2. The Balaban J connectivity index is 3.11. The van der Waals surface area contributed by atoms with Gasteiger partial charge in [0.05, 0.1) is 0 Å². The van der Waals surface area contributed by atoms with Gasteiger partial charge in [-0.2, -0.15) is 0 Å². The fourth-order valence-corrected chi connectivity index (χ4v) is 1.30. The van der Waals surface area contributed by atoms with Crippen molar-refractivity contribution in [3.8, 4) is 0 Å². The van der Waals surface area contributed by atoms with Crippen LogP contribution in [0.3, 0.4) is 0 Å². The molecule has 13 heavy (non-hydrogen) atoms. The number of carboxylic acid groups (broad SMARTS) is 1. The topological polar surface area (TPSA) is 64.2 Å². The zero-order chi connectivity index (χ0) is 10.0. The summed E-state index contributed by atoms with van der Waals surface area (Å²) in [5.74, 6) is -1.00. The first kappa shape index (κ1) is 9.57. The molecule has 1 rings (SSSR count). The van der Waals surface area contributed by atoms with E-state index in [0.29, 0.717) is 6.54 Å². The van der Waals surface area contributed by atoms with Gasteiger partial charge in [0.2, 0.25) is 0 Å². The molecule has 1 N–H and O–H groups in total. The quantitative estimate of drug-likeness (QED) is 0.722. The summed E-state index contributed by atoms with van der Waals surface area (Å²) in [6.07, 6.45) is 1.56. The lowest BCUT2D eigenvalue weighted by Crippen LogP contribution is -2.26. The second-order valence-electron chi connectivity index (χ2n) is 2.82. The number of nitrogens with zero attached hydrogens (tertiary/aromatic N) is 2. The Morgan fingerprint density at radius 1 is 1.62 bits per heavy atom. The molecule has 5 nitrogen and oxygen atoms in total. The summed E-state index contributed by atoms with van der Waals surface area (Å²) in [6, 6.07) is 0. The standard InChI is InChI=1S/C8H12N2O3/c1-3-10-6(2)4-9(8(10)13)5-7(11)12/h4H,3,5H2,1-2H3,(H,11,12). The predicted molar refractivity (Wildman–Crippen MR) is 46.7 cm³/mol. The molecule has 0 radical (unpaired) electrons. The van der Waals surface area contributed by atoms with Gasteiger partial charge in [-0.25, -0.2) is 4.79 Å². The summed E-state index contributed by atoms with van der Waals surface area (Å²) in [4.78, 5) is 21.8. The maximum atomic E-state index is 11.4. The summed E-state index contributed by atoms with van der Waals surface area (Å²) < 4.78 is 2.73. The first-order valence-corrected chi connectivity index (χ1v) is 4.04. The van der Waals surface area contributed by atoms with Gasteiger partial charge in [0, 0.05) is 18.4 Å². The summed E-state index contributed by atoms with van der Waals surface area (Å²) >= 11 is 0. The molecular formula is C8H12N2O3. The highest BCUT2D eigenvalue weighted by Crippen LogP contribution is 1.94. The van der Waals surface area contributed by atoms with Gasteiger partial charge >= 0.3 is 11.7 Å². The van der Waals surface area contributed by atoms with Gasteiger partial charge in [-0.05, 0) is 13.8 Å². The van der Waals surface area contributed by atoms with E-state index >= 15 is 0 Å². The number of hydrogen-bond donors (Lipinski definition) is 1. The number of carbonyl (C=O) groups is 1. The molecule has 72 valence electrons. The Bertz CT molecular complexity index is 375. The first-order valence-electron chi connectivity index (χ1n) is 4.04. The summed E-state index contributed by atoms with van der Waals surface area (Å²) in [7, 11) is 0. The minimum absolute atomic E-state index is 0.262. The van der Waals surface area contributed by atoms with Gasteiger partial charge in [0.15, 0.2) is 0 Å². The Morgan fingerprint density at radius 2 is 2.23 bits per heavy atom. The average molecular weight is 184 g/mol. The third-order valence-electron chi connectivity index (χ3n) is 1.87. The van der Waals surface area contributed by atoms with Crippen LogP contribution < -0.4 is 5.69 Å². The molecular weight excluding hydrogens is 172 g/mol. The van der Waals surface area contributed by atoms with Crippen LogP contribution in [0, 0.1) is 6.92 Å². The van der Waals surface area contributed by atoms with Crippen molar-refractivity contribution in [2.24, 2.45) is 0 Å². The first-order chi connectivity index (χ1) is 6.06. The van der Waals surface area contributed by atoms with Crippen molar-refractivity contribution in [1.82, 2.24) is 9.13 Å². The Hall–Kier alpha value is -1.52. The normalized spacial score (nSPS) is 10.3. The van der Waals surface area contributed by atoms with E-state index in [-0.39, 0.29) is 12.2 Å². The van der Waals surface area contributed by atoms with Crippen molar-refractivity contribution >= 4 is 5.97 Å². The Kier molecular flexibility index (Phi) is 2.55. The average Bonchev–Trinajstić information content (AvgIpc) is 2.26. The van der Waals surface area contributed by atoms with Crippen LogP contribution in [0.25, 0.3) is 0 Å². The highest BCUT2D eigenvalue weighted by molar-refractivity contribution is 5.66. The van der Waals surface area contributed by atoms with E-state index in [1.807, 2.05) is 6.92 Å². The molecule has 1 heterocycles. The summed E-state index contributed by atoms with van der Waals surface area (Å²) in [5, 5.41) is 8.50. The minimum Gasteiger partial charge on any atom is -0.480 e. The van der Waals surface area contributed by atoms with Gasteiger partial charge < -0.3 is 5.11 Å². The van der Waals surface area contributed by atoms with Crippen LogP contribution >= 0.6 is 0 Å². The Labute approximate surface area is 75.2 Å². The van der Waals surface area contributed by atoms with E-state index in [0.717, 1.165) is 5.69 Å². The fourth-order valence-electron chi connectivity index (χ4n) is 1.30. The molecule has 1 aromatic heterocycles. The zero-order valence-electron chi connectivity index (χ0n) is 7.65. The van der Waals surface area contributed by atoms with Crippen LogP contribution in [0.4, 0.5) is 0 Å². The SMILES string of the molecule is CCn1c(C)cn(CC(=O)O)c1=O. The third kappa shape index (κ3) is 1.80. The molecule has 0 aromatic carbocycles. The highest BCUT2D eigenvalue weighted by Gasteiger charge is 2.08. The maximum absolute atomic E-state index is 11.4. The molecule has 0 spiro atoms. The Morgan fingerprint density at radius 3 is 2.62 bits per heavy atom. The molecule has 0 saturated heterocycles. The molecule has 1 aromatic rings. The number of rotatable bonds is 3. The van der Waals surface area contributed by atoms with E-state index in [4.69, 9.17) is 5.11 Å². The molecule has 0 bridgehead atoms. The number of imidazole rings is 1. The summed E-state index contributed by atoms with van der Waals surface area (Å²) in [5.41, 5.74) is 0.524. The van der Waals surface area contributed by atoms with E-state index in [9.17, 15) is 9.59 Å². The molecule has 0 aliphatic rings. The van der Waals surface area contributed by atoms with Gasteiger partial charge in [-0.15, -0.1) is 0 Å². The molecule has 0 atom stereocenters. The van der Waals surface area contributed by atoms with Gasteiger partial charge in [0.1, 0.15) is 6.54 Å². The number of carboxylic acids is 1. The van der Waals surface area contributed by atoms with Crippen molar-refractivity contribution in [1.29, 1.82) is 0 Å². The van der Waals surface area contributed by atoms with Crippen LogP contribution in [0.5, 0.6) is 0 Å². The van der Waals surface area contributed by atoms with Crippen molar-refractivity contribution in [2.45, 2.75) is 26.9 Å². The monoisotopic (exact) mass is 184 g/mol. The van der Waals surface area contributed by atoms with Gasteiger partial charge in [-0.3, -0.25) is 13.9 Å². The van der Waals surface area contributed by atoms with Crippen LogP contribution in [0.15, 0.2) is 11.0 Å². The van der Waals surface area contributed by atoms with Crippen molar-refractivity contribution in [2.75, 3.05) is 0 Å². The molecule has 0 aliphatic heterocycles. The molecule has 0 fully saturated rings. The second kappa shape index (κ2) is 3.47. The molecule has 0 unspecified atom stereocenters. The van der Waals surface area contributed by atoms with E-state index in [1.165, 1.54) is 9.13 Å². The third-order valence-corrected chi connectivity index (χ3v) is 1.87. The van der Waals surface area contributed by atoms with Crippen LogP contribution in [-0.2, 0) is 17.9 Å². The lowest BCUT2D eigenvalue weighted by Gasteiger charge is -1.96. The largest absolute Gasteiger partial charge is 0.480 e. The van der Waals surface area contributed by atoms with Crippen LogP contribution in [-0.4, -0.2) is 20.2 Å². The van der Waals surface area contributed by atoms with Gasteiger partial charge in [-0.1, -0.05) is 0 Å². The smallest absolute Gasteiger partial charge is 0.328 e. The lowest BCUT2D eigenvalue weighted by molar-refractivity contribution is -0.137. The number of aliphatic carboxylic acids is 1. The highest BCUT2D eigenvalue weighted by atomic mass is 16.4. The van der Waals surface area contributed by atoms with Crippen molar-refractivity contribution in [3.05, 3.63) is 22.4 Å².